The molecule has 10 heteroatoms. The van der Waals surface area contributed by atoms with E-state index in [1.807, 2.05) is 0 Å². The smallest absolute Gasteiger partial charge is 0.271 e. The van der Waals surface area contributed by atoms with Gasteiger partial charge in [0.15, 0.2) is 0 Å². The summed E-state index contributed by atoms with van der Waals surface area (Å²) < 4.78 is 33.1. The molecule has 3 N–H and O–H groups in total. The van der Waals surface area contributed by atoms with E-state index in [0.717, 1.165) is 0 Å². The van der Waals surface area contributed by atoms with Crippen LogP contribution < -0.4 is 20.2 Å². The fourth-order valence-electron chi connectivity index (χ4n) is 2.97. The van der Waals surface area contributed by atoms with Crippen LogP contribution in [0.25, 0.3) is 0 Å². The van der Waals surface area contributed by atoms with E-state index in [2.05, 4.69) is 20.6 Å². The number of rotatable bonds is 8. The number of hydrogen-bond donors (Lipinski definition) is 3. The summed E-state index contributed by atoms with van der Waals surface area (Å²) in [4.78, 5) is 23.8. The van der Waals surface area contributed by atoms with Gasteiger partial charge in [-0.2, -0.15) is 5.10 Å². The van der Waals surface area contributed by atoms with Crippen molar-refractivity contribution in [3.05, 3.63) is 83.9 Å². The van der Waals surface area contributed by atoms with Gasteiger partial charge in [0.2, 0.25) is 5.91 Å². The summed E-state index contributed by atoms with van der Waals surface area (Å²) >= 11 is 0. The van der Waals surface area contributed by atoms with Gasteiger partial charge in [0.1, 0.15) is 5.75 Å². The van der Waals surface area contributed by atoms with Crippen molar-refractivity contribution in [2.75, 3.05) is 17.1 Å². The van der Waals surface area contributed by atoms with Crippen LogP contribution in [0.1, 0.15) is 29.8 Å². The van der Waals surface area contributed by atoms with Crippen LogP contribution in [-0.2, 0) is 14.8 Å². The van der Waals surface area contributed by atoms with E-state index in [0.29, 0.717) is 28.4 Å². The van der Waals surface area contributed by atoms with Crippen LogP contribution in [0, 0.1) is 0 Å². The average Bonchev–Trinajstić information content (AvgIpc) is 2.82. The Morgan fingerprint density at radius 1 is 0.853 bits per heavy atom. The molecule has 0 fully saturated rings. The molecule has 0 unspecified atom stereocenters. The van der Waals surface area contributed by atoms with Crippen LogP contribution in [0.15, 0.2) is 82.8 Å². The minimum Gasteiger partial charge on any atom is -0.497 e. The Labute approximate surface area is 197 Å². The Morgan fingerprint density at radius 2 is 1.53 bits per heavy atom. The number of carbonyl (C=O) groups excluding carboxylic acids is 2. The maximum Gasteiger partial charge on any atom is 0.271 e. The monoisotopic (exact) mass is 480 g/mol. The minimum absolute atomic E-state index is 0.0697. The number of benzene rings is 3. The zero-order chi connectivity index (χ0) is 24.7. The van der Waals surface area contributed by atoms with Gasteiger partial charge in [0.05, 0.1) is 17.7 Å². The van der Waals surface area contributed by atoms with Crippen LogP contribution in [0.4, 0.5) is 11.4 Å². The Hall–Kier alpha value is -4.18. The summed E-state index contributed by atoms with van der Waals surface area (Å²) in [5.74, 6) is -0.172. The molecule has 0 heterocycles. The molecule has 0 radical (unpaired) electrons. The van der Waals surface area contributed by atoms with Crippen LogP contribution >= 0.6 is 0 Å². The first-order chi connectivity index (χ1) is 16.2. The number of methoxy groups -OCH3 is 1. The van der Waals surface area contributed by atoms with Crippen LogP contribution in [0.5, 0.6) is 5.75 Å². The molecule has 0 spiro atoms. The van der Waals surface area contributed by atoms with Gasteiger partial charge in [0, 0.05) is 23.9 Å². The number of amides is 2. The highest BCUT2D eigenvalue weighted by Crippen LogP contribution is 2.20. The molecule has 0 saturated heterocycles. The zero-order valence-electron chi connectivity index (χ0n) is 18.8. The van der Waals surface area contributed by atoms with Crippen molar-refractivity contribution in [1.82, 2.24) is 5.43 Å². The standard InChI is InChI=1S/C24H24N4O5S/c1-16(18-6-4-8-21(14-18)25-17(2)29)26-27-24(30)19-7-5-9-23(15-19)34(31,32)28-20-10-12-22(33-3)13-11-20/h4-15,28H,1-3H3,(H,25,29)(H,27,30)/b26-16-. The van der Waals surface area contributed by atoms with Crippen LogP contribution in [0.3, 0.4) is 0 Å². The highest BCUT2D eigenvalue weighted by Gasteiger charge is 2.17. The number of hydrazone groups is 1. The molecule has 0 saturated carbocycles. The number of ether oxygens (including phenoxy) is 1. The molecule has 34 heavy (non-hydrogen) atoms. The fourth-order valence-corrected chi connectivity index (χ4v) is 4.07. The van der Waals surface area contributed by atoms with E-state index in [1.54, 1.807) is 55.5 Å². The number of nitrogens with one attached hydrogen (secondary N) is 3. The number of carbonyl (C=O) groups is 2. The second-order valence-electron chi connectivity index (χ2n) is 7.26. The summed E-state index contributed by atoms with van der Waals surface area (Å²) in [7, 11) is -2.40. The van der Waals surface area contributed by atoms with Crippen LogP contribution in [-0.4, -0.2) is 33.1 Å². The molecular weight excluding hydrogens is 456 g/mol. The SMILES string of the molecule is COc1ccc(NS(=O)(=O)c2cccc(C(=O)N/N=C(/C)c3cccc(NC(C)=O)c3)c2)cc1. The lowest BCUT2D eigenvalue weighted by atomic mass is 10.1. The molecule has 0 aliphatic heterocycles. The predicted molar refractivity (Wildman–Crippen MR) is 131 cm³/mol. The molecule has 3 rings (SSSR count). The first kappa shape index (κ1) is 24.5. The van der Waals surface area contributed by atoms with Gasteiger partial charge in [-0.1, -0.05) is 18.2 Å². The molecule has 0 aliphatic carbocycles. The topological polar surface area (TPSA) is 126 Å². The quantitative estimate of drug-likeness (QED) is 0.335. The molecule has 9 nitrogen and oxygen atoms in total. The molecule has 3 aromatic rings. The summed E-state index contributed by atoms with van der Waals surface area (Å²) in [5, 5.41) is 6.78. The van der Waals surface area contributed by atoms with Gasteiger partial charge >= 0.3 is 0 Å². The van der Waals surface area contributed by atoms with E-state index in [1.165, 1.54) is 38.3 Å². The summed E-state index contributed by atoms with van der Waals surface area (Å²) in [6, 6.07) is 19.1. The molecule has 0 bridgehead atoms. The Morgan fingerprint density at radius 3 is 2.21 bits per heavy atom. The lowest BCUT2D eigenvalue weighted by Crippen LogP contribution is -2.20. The van der Waals surface area contributed by atoms with Crippen LogP contribution in [0.2, 0.25) is 0 Å². The maximum atomic E-state index is 12.8. The first-order valence-corrected chi connectivity index (χ1v) is 11.7. The zero-order valence-corrected chi connectivity index (χ0v) is 19.6. The number of sulfonamides is 1. The summed E-state index contributed by atoms with van der Waals surface area (Å²) in [6.45, 7) is 3.11. The number of nitrogens with zero attached hydrogens (tertiary/aromatic N) is 1. The lowest BCUT2D eigenvalue weighted by Gasteiger charge is -2.10. The van der Waals surface area contributed by atoms with Crippen molar-refractivity contribution in [3.63, 3.8) is 0 Å². The predicted octanol–water partition coefficient (Wildman–Crippen LogP) is 3.61. The van der Waals surface area contributed by atoms with Crippen molar-refractivity contribution in [3.8, 4) is 5.75 Å². The Balaban J connectivity index is 1.73. The molecule has 2 amide bonds. The van der Waals surface area contributed by atoms with E-state index in [4.69, 9.17) is 4.74 Å². The normalized spacial score (nSPS) is 11.4. The van der Waals surface area contributed by atoms with Gasteiger partial charge in [-0.05, 0) is 67.1 Å². The number of hydrogen-bond acceptors (Lipinski definition) is 6. The molecule has 0 aromatic heterocycles. The van der Waals surface area contributed by atoms with Crippen molar-refractivity contribution in [2.45, 2.75) is 18.7 Å². The third kappa shape index (κ3) is 6.42. The largest absolute Gasteiger partial charge is 0.497 e. The maximum absolute atomic E-state index is 12.8. The third-order valence-electron chi connectivity index (χ3n) is 4.67. The van der Waals surface area contributed by atoms with Gasteiger partial charge in [0.25, 0.3) is 15.9 Å². The van der Waals surface area contributed by atoms with Gasteiger partial charge in [-0.15, -0.1) is 0 Å². The van der Waals surface area contributed by atoms with Gasteiger partial charge in [-0.25, -0.2) is 13.8 Å². The van der Waals surface area contributed by atoms with E-state index in [9.17, 15) is 18.0 Å². The number of anilines is 2. The van der Waals surface area contributed by atoms with Gasteiger partial charge < -0.3 is 10.1 Å². The lowest BCUT2D eigenvalue weighted by molar-refractivity contribution is -0.114. The summed E-state index contributed by atoms with van der Waals surface area (Å²) in [6.07, 6.45) is 0. The van der Waals surface area contributed by atoms with Crippen molar-refractivity contribution in [1.29, 1.82) is 0 Å². The Bertz CT molecular complexity index is 1340. The highest BCUT2D eigenvalue weighted by atomic mass is 32.2. The van der Waals surface area contributed by atoms with Crippen molar-refractivity contribution >= 4 is 38.9 Å². The van der Waals surface area contributed by atoms with E-state index >= 15 is 0 Å². The second kappa shape index (κ2) is 10.6. The highest BCUT2D eigenvalue weighted by molar-refractivity contribution is 7.92. The van der Waals surface area contributed by atoms with E-state index in [-0.39, 0.29) is 16.4 Å². The second-order valence-corrected chi connectivity index (χ2v) is 8.94. The van der Waals surface area contributed by atoms with Crippen molar-refractivity contribution in [2.24, 2.45) is 5.10 Å². The summed E-state index contributed by atoms with van der Waals surface area (Å²) in [5.41, 5.74) is 4.73. The van der Waals surface area contributed by atoms with Gasteiger partial charge in [-0.3, -0.25) is 14.3 Å². The van der Waals surface area contributed by atoms with Crippen molar-refractivity contribution < 1.29 is 22.7 Å². The molecule has 0 aliphatic rings. The fraction of sp³-hybridized carbons (Fsp3) is 0.125. The first-order valence-electron chi connectivity index (χ1n) is 10.2. The minimum atomic E-state index is -3.92. The molecule has 3 aromatic carbocycles. The molecule has 176 valence electrons. The average molecular weight is 481 g/mol. The molecular formula is C24H24N4O5S. The molecule has 0 atom stereocenters. The Kier molecular flexibility index (Phi) is 7.64. The third-order valence-corrected chi connectivity index (χ3v) is 6.05. The van der Waals surface area contributed by atoms with E-state index < -0.39 is 15.9 Å².